The van der Waals surface area contributed by atoms with Gasteiger partial charge in [0.1, 0.15) is 11.3 Å². The number of aliphatic hydroxyl groups is 1. The number of aliphatic carboxylic acids is 1. The number of ether oxygens (including phenoxy) is 1. The Labute approximate surface area is 247 Å². The molecule has 41 heavy (non-hydrogen) atoms. The van der Waals surface area contributed by atoms with E-state index in [2.05, 4.69) is 41.5 Å². The van der Waals surface area contributed by atoms with Crippen molar-refractivity contribution >= 4 is 23.3 Å². The molecule has 7 heteroatoms. The van der Waals surface area contributed by atoms with Crippen LogP contribution in [0, 0.1) is 11.8 Å². The van der Waals surface area contributed by atoms with Crippen LogP contribution in [0.1, 0.15) is 80.4 Å². The number of aliphatic hydroxyl groups excluding tert-OH is 1. The normalized spacial score (nSPS) is 27.6. The van der Waals surface area contributed by atoms with Gasteiger partial charge in [0.05, 0.1) is 18.4 Å². The SMILES string of the molecule is C[C@@H](COc1ccnc2c1CCC[C@@H]2O)CC1Cc2ccccc2C12CCC(Nc1cccc(Cl)c1)(C(=O)O)CC2. The first-order valence-corrected chi connectivity index (χ1v) is 15.3. The molecule has 0 amide bonds. The Morgan fingerprint density at radius 2 is 1.95 bits per heavy atom. The number of aromatic nitrogens is 1. The van der Waals surface area contributed by atoms with Crippen LogP contribution in [0.2, 0.25) is 5.02 Å². The Morgan fingerprint density at radius 3 is 2.73 bits per heavy atom. The summed E-state index contributed by atoms with van der Waals surface area (Å²) in [4.78, 5) is 17.1. The van der Waals surface area contributed by atoms with Crippen molar-refractivity contribution in [2.75, 3.05) is 11.9 Å². The molecule has 3 aromatic rings. The van der Waals surface area contributed by atoms with Gasteiger partial charge in [-0.2, -0.15) is 0 Å². The second kappa shape index (κ2) is 11.3. The molecule has 0 bridgehead atoms. The predicted molar refractivity (Wildman–Crippen MR) is 161 cm³/mol. The highest BCUT2D eigenvalue weighted by Crippen LogP contribution is 2.56. The van der Waals surface area contributed by atoms with Gasteiger partial charge in [-0.3, -0.25) is 4.98 Å². The lowest BCUT2D eigenvalue weighted by Gasteiger charge is -2.47. The number of fused-ring (bicyclic) bond motifs is 3. The van der Waals surface area contributed by atoms with E-state index >= 15 is 0 Å². The summed E-state index contributed by atoms with van der Waals surface area (Å²) < 4.78 is 6.37. The molecule has 6 nitrogen and oxygen atoms in total. The van der Waals surface area contributed by atoms with E-state index in [1.165, 1.54) is 11.1 Å². The molecule has 3 N–H and O–H groups in total. The summed E-state index contributed by atoms with van der Waals surface area (Å²) in [6.45, 7) is 2.86. The van der Waals surface area contributed by atoms with Gasteiger partial charge in [-0.05, 0) is 110 Å². The molecule has 1 saturated carbocycles. The molecule has 3 aliphatic carbocycles. The fourth-order valence-electron chi connectivity index (χ4n) is 7.77. The molecule has 1 fully saturated rings. The van der Waals surface area contributed by atoms with E-state index in [0.717, 1.165) is 67.6 Å². The van der Waals surface area contributed by atoms with Crippen LogP contribution in [-0.4, -0.2) is 33.3 Å². The molecular weight excluding hydrogens is 536 g/mol. The number of rotatable bonds is 8. The Morgan fingerprint density at radius 1 is 1.15 bits per heavy atom. The van der Waals surface area contributed by atoms with Crippen molar-refractivity contribution in [3.05, 3.63) is 88.2 Å². The standard InChI is InChI=1S/C34H39ClN2O4/c1-22(21-41-30-12-17-36-31-27(30)9-5-11-29(31)38)18-24-19-23-6-2-3-10-28(23)33(24)13-15-34(16-14-33,32(39)40)37-26-8-4-7-25(35)20-26/h2-4,6-8,10,12,17,20,22,24,29,37-38H,5,9,11,13-16,18-19,21H2,1H3,(H,39,40)/t22-,24?,29+,33?,34?/m1/s1. The van der Waals surface area contributed by atoms with Gasteiger partial charge in [0.15, 0.2) is 0 Å². The van der Waals surface area contributed by atoms with Crippen LogP contribution in [-0.2, 0) is 23.1 Å². The van der Waals surface area contributed by atoms with E-state index in [1.54, 1.807) is 18.3 Å². The first-order chi connectivity index (χ1) is 19.8. The lowest BCUT2D eigenvalue weighted by atomic mass is 9.59. The number of benzene rings is 2. The molecule has 1 aromatic heterocycles. The van der Waals surface area contributed by atoms with Crippen molar-refractivity contribution < 1.29 is 19.7 Å². The maximum atomic E-state index is 12.7. The highest BCUT2D eigenvalue weighted by atomic mass is 35.5. The topological polar surface area (TPSA) is 91.7 Å². The van der Waals surface area contributed by atoms with Crippen LogP contribution in [0.15, 0.2) is 60.8 Å². The molecular formula is C34H39ClN2O4. The quantitative estimate of drug-likeness (QED) is 0.265. The van der Waals surface area contributed by atoms with Crippen molar-refractivity contribution in [3.8, 4) is 5.75 Å². The zero-order valence-electron chi connectivity index (χ0n) is 23.6. The lowest BCUT2D eigenvalue weighted by Crippen LogP contribution is -2.53. The summed E-state index contributed by atoms with van der Waals surface area (Å²) in [5.74, 6) is 0.785. The third-order valence-electron chi connectivity index (χ3n) is 9.89. The Bertz CT molecular complexity index is 1420. The van der Waals surface area contributed by atoms with E-state index in [0.29, 0.717) is 36.3 Å². The van der Waals surface area contributed by atoms with Gasteiger partial charge in [0.25, 0.3) is 0 Å². The van der Waals surface area contributed by atoms with Crippen LogP contribution in [0.5, 0.6) is 5.75 Å². The number of nitrogens with zero attached hydrogens (tertiary/aromatic N) is 1. The van der Waals surface area contributed by atoms with E-state index in [-0.39, 0.29) is 5.41 Å². The van der Waals surface area contributed by atoms with Crippen molar-refractivity contribution in [3.63, 3.8) is 0 Å². The summed E-state index contributed by atoms with van der Waals surface area (Å²) in [6, 6.07) is 18.0. The van der Waals surface area contributed by atoms with Gasteiger partial charge < -0.3 is 20.3 Å². The van der Waals surface area contributed by atoms with Gasteiger partial charge in [-0.25, -0.2) is 4.79 Å². The second-order valence-corrected chi connectivity index (χ2v) is 12.9. The van der Waals surface area contributed by atoms with Crippen LogP contribution in [0.3, 0.4) is 0 Å². The number of pyridine rings is 1. The van der Waals surface area contributed by atoms with Gasteiger partial charge in [0.2, 0.25) is 0 Å². The number of nitrogens with one attached hydrogen (secondary N) is 1. The molecule has 3 atom stereocenters. The van der Waals surface area contributed by atoms with Crippen LogP contribution in [0.4, 0.5) is 5.69 Å². The number of hydrogen-bond donors (Lipinski definition) is 3. The number of halogens is 1. The van der Waals surface area contributed by atoms with Gasteiger partial charge in [-0.1, -0.05) is 48.9 Å². The minimum Gasteiger partial charge on any atom is -0.493 e. The van der Waals surface area contributed by atoms with E-state index < -0.39 is 17.6 Å². The number of anilines is 1. The minimum absolute atomic E-state index is 0.0419. The van der Waals surface area contributed by atoms with Gasteiger partial charge in [0, 0.05) is 22.5 Å². The molecule has 1 heterocycles. The van der Waals surface area contributed by atoms with Crippen molar-refractivity contribution in [1.82, 2.24) is 4.98 Å². The number of carboxylic acids is 1. The molecule has 6 rings (SSSR count). The first kappa shape index (κ1) is 28.0. The number of hydrogen-bond acceptors (Lipinski definition) is 5. The Kier molecular flexibility index (Phi) is 7.73. The van der Waals surface area contributed by atoms with Crippen molar-refractivity contribution in [2.24, 2.45) is 11.8 Å². The smallest absolute Gasteiger partial charge is 0.329 e. The van der Waals surface area contributed by atoms with Crippen molar-refractivity contribution in [1.29, 1.82) is 0 Å². The van der Waals surface area contributed by atoms with Crippen molar-refractivity contribution in [2.45, 2.75) is 81.8 Å². The molecule has 216 valence electrons. The monoisotopic (exact) mass is 574 g/mol. The third-order valence-corrected chi connectivity index (χ3v) is 10.1. The zero-order valence-corrected chi connectivity index (χ0v) is 24.4. The van der Waals surface area contributed by atoms with E-state index in [9.17, 15) is 15.0 Å². The second-order valence-electron chi connectivity index (χ2n) is 12.5. The molecule has 3 aliphatic rings. The van der Waals surface area contributed by atoms with E-state index in [4.69, 9.17) is 16.3 Å². The van der Waals surface area contributed by atoms with Gasteiger partial charge in [-0.15, -0.1) is 0 Å². The molecule has 1 spiro atoms. The predicted octanol–water partition coefficient (Wildman–Crippen LogP) is 7.13. The van der Waals surface area contributed by atoms with Gasteiger partial charge >= 0.3 is 5.97 Å². The maximum Gasteiger partial charge on any atom is 0.329 e. The molecule has 0 radical (unpaired) electrons. The fraction of sp³-hybridized carbons (Fsp3) is 0.471. The average molecular weight is 575 g/mol. The lowest BCUT2D eigenvalue weighted by molar-refractivity contribution is -0.144. The highest BCUT2D eigenvalue weighted by molar-refractivity contribution is 6.30. The zero-order chi connectivity index (χ0) is 28.6. The molecule has 1 unspecified atom stereocenters. The van der Waals surface area contributed by atoms with Crippen LogP contribution in [0.25, 0.3) is 0 Å². The van der Waals surface area contributed by atoms with Crippen LogP contribution < -0.4 is 10.1 Å². The first-order valence-electron chi connectivity index (χ1n) is 14.9. The number of carboxylic acid groups (broad SMARTS) is 1. The largest absolute Gasteiger partial charge is 0.493 e. The maximum absolute atomic E-state index is 12.7. The molecule has 2 aromatic carbocycles. The Balaban J connectivity index is 1.19. The van der Waals surface area contributed by atoms with Crippen LogP contribution >= 0.6 is 11.6 Å². The summed E-state index contributed by atoms with van der Waals surface area (Å²) in [7, 11) is 0. The summed E-state index contributed by atoms with van der Waals surface area (Å²) in [6.07, 6.45) is 8.58. The average Bonchev–Trinajstić information content (AvgIpc) is 3.25. The van der Waals surface area contributed by atoms with E-state index in [1.807, 2.05) is 18.2 Å². The number of carbonyl (C=O) groups is 1. The highest BCUT2D eigenvalue weighted by Gasteiger charge is 2.54. The molecule has 0 saturated heterocycles. The Hall–Kier alpha value is -3.09. The summed E-state index contributed by atoms with van der Waals surface area (Å²) in [5.41, 5.74) is 4.30. The minimum atomic E-state index is -1.02. The summed E-state index contributed by atoms with van der Waals surface area (Å²) >= 11 is 6.20. The molecule has 0 aliphatic heterocycles. The fourth-order valence-corrected chi connectivity index (χ4v) is 7.96. The third kappa shape index (κ3) is 5.32. The summed E-state index contributed by atoms with van der Waals surface area (Å²) in [5, 5.41) is 24.7.